The summed E-state index contributed by atoms with van der Waals surface area (Å²) in [5, 5.41) is 0. The summed E-state index contributed by atoms with van der Waals surface area (Å²) in [4.78, 5) is 0. The first-order valence-electron chi connectivity index (χ1n) is 6.35. The van der Waals surface area contributed by atoms with E-state index >= 15 is 0 Å². The van der Waals surface area contributed by atoms with E-state index in [-0.39, 0.29) is 12.2 Å². The van der Waals surface area contributed by atoms with Crippen molar-refractivity contribution in [1.82, 2.24) is 0 Å². The Balaban J connectivity index is 1.91. The summed E-state index contributed by atoms with van der Waals surface area (Å²) >= 11 is 5.97. The topological polar surface area (TPSA) is 18.5 Å². The van der Waals surface area contributed by atoms with E-state index in [0.717, 1.165) is 21.9 Å². The number of benzene rings is 1. The number of hydrogen-bond donors (Lipinski definition) is 0. The van der Waals surface area contributed by atoms with Crippen molar-refractivity contribution in [2.45, 2.75) is 31.5 Å². The van der Waals surface area contributed by atoms with Gasteiger partial charge in [-0.15, -0.1) is 0 Å². The Morgan fingerprint density at radius 2 is 2.22 bits per heavy atom. The Morgan fingerprint density at radius 3 is 2.89 bits per heavy atom. The normalized spacial score (nSPS) is 21.8. The lowest BCUT2D eigenvalue weighted by atomic mass is 10.1. The monoisotopic (exact) mass is 424 g/mol. The maximum Gasteiger partial charge on any atom is 0.0926 e. The van der Waals surface area contributed by atoms with E-state index in [9.17, 15) is 0 Å². The molecule has 0 aliphatic carbocycles. The molecule has 2 rings (SSSR count). The van der Waals surface area contributed by atoms with Gasteiger partial charge in [0.15, 0.2) is 0 Å². The van der Waals surface area contributed by atoms with Gasteiger partial charge < -0.3 is 9.47 Å². The molecular formula is C14H18BrIO2. The van der Waals surface area contributed by atoms with Crippen molar-refractivity contribution in [2.75, 3.05) is 17.6 Å². The molecule has 18 heavy (non-hydrogen) atoms. The number of hydrogen-bond acceptors (Lipinski definition) is 2. The zero-order valence-corrected chi connectivity index (χ0v) is 14.0. The van der Waals surface area contributed by atoms with Crippen molar-refractivity contribution >= 4 is 38.5 Å². The second-order valence-electron chi connectivity index (χ2n) is 4.49. The van der Waals surface area contributed by atoms with Crippen molar-refractivity contribution in [3.63, 3.8) is 0 Å². The Morgan fingerprint density at radius 1 is 1.39 bits per heavy atom. The highest BCUT2D eigenvalue weighted by atomic mass is 127. The maximum absolute atomic E-state index is 6.04. The SMILES string of the molecule is Brc1ccccc1C(CI)OCC1CCCCO1. The average Bonchev–Trinajstić information content (AvgIpc) is 2.42. The summed E-state index contributed by atoms with van der Waals surface area (Å²) in [7, 11) is 0. The third-order valence-electron chi connectivity index (χ3n) is 3.15. The fourth-order valence-corrected chi connectivity index (χ4v) is 3.38. The molecule has 1 aliphatic heterocycles. The second-order valence-corrected chi connectivity index (χ2v) is 6.22. The summed E-state index contributed by atoms with van der Waals surface area (Å²) in [6.45, 7) is 1.59. The molecule has 1 saturated heterocycles. The van der Waals surface area contributed by atoms with Gasteiger partial charge in [-0.1, -0.05) is 56.7 Å². The maximum atomic E-state index is 6.04. The van der Waals surface area contributed by atoms with Gasteiger partial charge in [-0.3, -0.25) is 0 Å². The zero-order chi connectivity index (χ0) is 12.8. The van der Waals surface area contributed by atoms with Gasteiger partial charge in [0.1, 0.15) is 0 Å². The average molecular weight is 425 g/mol. The molecule has 0 N–H and O–H groups in total. The molecule has 2 unspecified atom stereocenters. The largest absolute Gasteiger partial charge is 0.376 e. The molecule has 0 aromatic heterocycles. The predicted molar refractivity (Wildman–Crippen MR) is 85.3 cm³/mol. The van der Waals surface area contributed by atoms with Crippen molar-refractivity contribution in [3.8, 4) is 0 Å². The van der Waals surface area contributed by atoms with Crippen molar-refractivity contribution in [2.24, 2.45) is 0 Å². The number of rotatable bonds is 5. The second kappa shape index (κ2) is 7.82. The van der Waals surface area contributed by atoms with Crippen LogP contribution in [-0.2, 0) is 9.47 Å². The fraction of sp³-hybridized carbons (Fsp3) is 0.571. The van der Waals surface area contributed by atoms with Crippen molar-refractivity contribution in [1.29, 1.82) is 0 Å². The van der Waals surface area contributed by atoms with Gasteiger partial charge in [0.2, 0.25) is 0 Å². The van der Waals surface area contributed by atoms with Crippen LogP contribution in [0.15, 0.2) is 28.7 Å². The molecule has 0 bridgehead atoms. The molecule has 1 aromatic carbocycles. The van der Waals surface area contributed by atoms with Gasteiger partial charge in [-0.05, 0) is 30.9 Å². The van der Waals surface area contributed by atoms with E-state index in [1.165, 1.54) is 18.4 Å². The van der Waals surface area contributed by atoms with Crippen LogP contribution in [0, 0.1) is 0 Å². The summed E-state index contributed by atoms with van der Waals surface area (Å²) in [6.07, 6.45) is 4.01. The summed E-state index contributed by atoms with van der Waals surface area (Å²) < 4.78 is 13.8. The highest BCUT2D eigenvalue weighted by Crippen LogP contribution is 2.28. The highest BCUT2D eigenvalue weighted by molar-refractivity contribution is 14.1. The Hall–Kier alpha value is 0.350. The van der Waals surface area contributed by atoms with E-state index in [1.807, 2.05) is 6.07 Å². The van der Waals surface area contributed by atoms with Crippen LogP contribution in [0.5, 0.6) is 0 Å². The Bertz CT molecular complexity index is 367. The van der Waals surface area contributed by atoms with Gasteiger partial charge in [0.25, 0.3) is 0 Å². The van der Waals surface area contributed by atoms with Gasteiger partial charge in [0.05, 0.1) is 18.8 Å². The molecule has 0 saturated carbocycles. The fourth-order valence-electron chi connectivity index (χ4n) is 2.12. The third kappa shape index (κ3) is 4.18. The molecule has 2 nitrogen and oxygen atoms in total. The van der Waals surface area contributed by atoms with E-state index in [4.69, 9.17) is 9.47 Å². The van der Waals surface area contributed by atoms with Crippen LogP contribution in [-0.4, -0.2) is 23.7 Å². The molecule has 0 radical (unpaired) electrons. The van der Waals surface area contributed by atoms with Crippen molar-refractivity contribution < 1.29 is 9.47 Å². The molecule has 1 aliphatic rings. The Kier molecular flexibility index (Phi) is 6.41. The molecular weight excluding hydrogens is 407 g/mol. The van der Waals surface area contributed by atoms with E-state index in [1.54, 1.807) is 0 Å². The third-order valence-corrected chi connectivity index (χ3v) is 4.67. The van der Waals surface area contributed by atoms with E-state index in [0.29, 0.717) is 6.61 Å². The summed E-state index contributed by atoms with van der Waals surface area (Å²) in [5.74, 6) is 0. The van der Waals surface area contributed by atoms with Crippen LogP contribution in [0.4, 0.5) is 0 Å². The van der Waals surface area contributed by atoms with Gasteiger partial charge in [-0.2, -0.15) is 0 Å². The molecule has 1 aromatic rings. The highest BCUT2D eigenvalue weighted by Gasteiger charge is 2.18. The van der Waals surface area contributed by atoms with E-state index in [2.05, 4.69) is 56.7 Å². The molecule has 1 heterocycles. The number of ether oxygens (including phenoxy) is 2. The lowest BCUT2D eigenvalue weighted by Gasteiger charge is -2.25. The zero-order valence-electron chi connectivity index (χ0n) is 10.3. The molecule has 1 fully saturated rings. The van der Waals surface area contributed by atoms with Gasteiger partial charge in [0, 0.05) is 15.5 Å². The van der Waals surface area contributed by atoms with Crippen LogP contribution in [0.2, 0.25) is 0 Å². The van der Waals surface area contributed by atoms with Crippen LogP contribution < -0.4 is 0 Å². The van der Waals surface area contributed by atoms with Crippen LogP contribution >= 0.6 is 38.5 Å². The summed E-state index contributed by atoms with van der Waals surface area (Å²) in [5.41, 5.74) is 1.22. The number of alkyl halides is 1. The molecule has 0 amide bonds. The molecule has 2 atom stereocenters. The first-order valence-corrected chi connectivity index (χ1v) is 8.66. The quantitative estimate of drug-likeness (QED) is 0.511. The standard InChI is InChI=1S/C14H18BrIO2/c15-13-7-2-1-6-12(13)14(9-16)18-10-11-5-3-4-8-17-11/h1-2,6-7,11,14H,3-5,8-10H2. The molecule has 4 heteroatoms. The lowest BCUT2D eigenvalue weighted by molar-refractivity contribution is -0.0583. The minimum absolute atomic E-state index is 0.145. The van der Waals surface area contributed by atoms with Crippen LogP contribution in [0.1, 0.15) is 30.9 Å². The van der Waals surface area contributed by atoms with Crippen LogP contribution in [0.3, 0.4) is 0 Å². The van der Waals surface area contributed by atoms with Crippen LogP contribution in [0.25, 0.3) is 0 Å². The first kappa shape index (κ1) is 14.8. The van der Waals surface area contributed by atoms with Crippen molar-refractivity contribution in [3.05, 3.63) is 34.3 Å². The summed E-state index contributed by atoms with van der Waals surface area (Å²) in [6, 6.07) is 8.27. The number of halogens is 2. The Labute approximate surface area is 131 Å². The smallest absolute Gasteiger partial charge is 0.0926 e. The minimum atomic E-state index is 0.145. The minimum Gasteiger partial charge on any atom is -0.376 e. The lowest BCUT2D eigenvalue weighted by Crippen LogP contribution is -2.25. The van der Waals surface area contributed by atoms with Gasteiger partial charge >= 0.3 is 0 Å². The molecule has 0 spiro atoms. The molecule has 100 valence electrons. The first-order chi connectivity index (χ1) is 8.81. The van der Waals surface area contributed by atoms with Gasteiger partial charge in [-0.25, -0.2) is 0 Å². The predicted octanol–water partition coefficient (Wildman–Crippen LogP) is 4.51. The van der Waals surface area contributed by atoms with E-state index < -0.39 is 0 Å².